The van der Waals surface area contributed by atoms with Crippen molar-refractivity contribution in [2.75, 3.05) is 0 Å². The third-order valence-electron chi connectivity index (χ3n) is 2.49. The van der Waals surface area contributed by atoms with Gasteiger partial charge in [0, 0.05) is 0 Å². The zero-order chi connectivity index (χ0) is 12.4. The standard InChI is InChI=1S/C12H9AtO4/c13-8-3-1-2-7(6-8)12(16)17-11-9(14)4-5-10(11)15/h1-3,6,11H,4-5H2/i13+1. The quantitative estimate of drug-likeness (QED) is 0.503. The van der Waals surface area contributed by atoms with Crippen LogP contribution in [0.3, 0.4) is 0 Å². The third kappa shape index (κ3) is 2.78. The van der Waals surface area contributed by atoms with E-state index >= 15 is 0 Å². The fourth-order valence-electron chi connectivity index (χ4n) is 1.61. The monoisotopic (exact) mass is 428 g/mol. The number of Topliss-reactive ketones (excluding diaryl/α,β-unsaturated/α-hetero) is 2. The SMILES string of the molecule is O=C(OC1C(=O)CCC1=O)c1cccc([211At])c1. The Bertz CT molecular complexity index is 479. The molecule has 88 valence electrons. The van der Waals surface area contributed by atoms with Crippen molar-refractivity contribution in [3.05, 3.63) is 29.8 Å². The number of ether oxygens (including phenoxy) is 1. The van der Waals surface area contributed by atoms with Crippen LogP contribution in [0.1, 0.15) is 23.2 Å². The summed E-state index contributed by atoms with van der Waals surface area (Å²) in [5, 5.41) is 0. The third-order valence-corrected chi connectivity index (χ3v) is 3.40. The van der Waals surface area contributed by atoms with Crippen LogP contribution in [0, 0.1) is 24.7 Å². The number of hydrogen-bond acceptors (Lipinski definition) is 4. The average molecular weight is 428 g/mol. The van der Waals surface area contributed by atoms with Gasteiger partial charge in [0.2, 0.25) is 0 Å². The number of hydrogen-bond donors (Lipinski definition) is 0. The van der Waals surface area contributed by atoms with E-state index in [0.717, 1.165) is 3.27 Å². The van der Waals surface area contributed by atoms with Gasteiger partial charge >= 0.3 is 113 Å². The first-order valence-corrected chi connectivity index (χ1v) is 6.57. The van der Waals surface area contributed by atoms with Gasteiger partial charge in [-0.25, -0.2) is 0 Å². The van der Waals surface area contributed by atoms with Crippen LogP contribution in [-0.4, -0.2) is 23.6 Å². The number of ketones is 2. The Labute approximate surface area is 113 Å². The van der Waals surface area contributed by atoms with E-state index in [9.17, 15) is 14.4 Å². The van der Waals surface area contributed by atoms with Crippen molar-refractivity contribution in [2.45, 2.75) is 18.9 Å². The van der Waals surface area contributed by atoms with E-state index in [0.29, 0.717) is 5.56 Å². The van der Waals surface area contributed by atoms with Crippen molar-refractivity contribution in [2.24, 2.45) is 0 Å². The summed E-state index contributed by atoms with van der Waals surface area (Å²) < 4.78 is 5.92. The fraction of sp³-hybridized carbons (Fsp3) is 0.250. The van der Waals surface area contributed by atoms with Gasteiger partial charge in [-0.2, -0.15) is 0 Å². The molecular formula is C12H9AtO4. The van der Waals surface area contributed by atoms with E-state index in [1.54, 1.807) is 18.2 Å². The van der Waals surface area contributed by atoms with Gasteiger partial charge in [0.25, 0.3) is 0 Å². The van der Waals surface area contributed by atoms with Crippen molar-refractivity contribution < 1.29 is 43.8 Å². The van der Waals surface area contributed by atoms with Crippen LogP contribution in [-0.2, 0) is 14.3 Å². The Hall–Kier alpha value is -1.09. The van der Waals surface area contributed by atoms with Gasteiger partial charge in [0.05, 0.1) is 0 Å². The molecule has 1 aromatic carbocycles. The van der Waals surface area contributed by atoms with Gasteiger partial charge in [-0.05, 0) is 0 Å². The topological polar surface area (TPSA) is 60.4 Å². The molecule has 0 saturated heterocycles. The molecule has 0 amide bonds. The zero-order valence-corrected chi connectivity index (χ0v) is 11.8. The maximum atomic E-state index is 11.7. The molecular weight excluding hydrogens is 419 g/mol. The molecule has 0 unspecified atom stereocenters. The van der Waals surface area contributed by atoms with Crippen molar-refractivity contribution in [3.8, 4) is 0 Å². The molecule has 1 saturated carbocycles. The molecule has 17 heavy (non-hydrogen) atoms. The van der Waals surface area contributed by atoms with Gasteiger partial charge in [-0.1, -0.05) is 0 Å². The molecule has 0 aliphatic heterocycles. The second kappa shape index (κ2) is 5.05. The van der Waals surface area contributed by atoms with E-state index in [4.69, 9.17) is 4.74 Å². The van der Waals surface area contributed by atoms with E-state index in [-0.39, 0.29) is 24.4 Å². The van der Waals surface area contributed by atoms with Crippen LogP contribution in [0.2, 0.25) is 0 Å². The summed E-state index contributed by atoms with van der Waals surface area (Å²) in [7, 11) is 0. The maximum absolute atomic E-state index is 11.7. The van der Waals surface area contributed by atoms with Gasteiger partial charge in [-0.3, -0.25) is 0 Å². The molecule has 5 heteroatoms. The Morgan fingerprint density at radius 1 is 1.24 bits per heavy atom. The number of rotatable bonds is 2. The predicted molar refractivity (Wildman–Crippen MR) is 54.5 cm³/mol. The molecule has 1 aliphatic rings. The Balaban J connectivity index is 2.12. The molecule has 0 radical (unpaired) electrons. The molecule has 0 N–H and O–H groups in total. The summed E-state index contributed by atoms with van der Waals surface area (Å²) in [6, 6.07) is 6.90. The number of carbonyl (C=O) groups excluding carboxylic acids is 3. The van der Waals surface area contributed by atoms with Crippen LogP contribution in [0.15, 0.2) is 24.3 Å². The minimum absolute atomic E-state index is 0.174. The minimum atomic E-state index is -1.19. The van der Waals surface area contributed by atoms with Crippen molar-refractivity contribution >= 4 is 20.8 Å². The molecule has 2 rings (SSSR count). The van der Waals surface area contributed by atoms with Crippen LogP contribution in [0.5, 0.6) is 0 Å². The van der Waals surface area contributed by atoms with E-state index in [2.05, 4.69) is 0 Å². The number of carbonyl (C=O) groups is 3. The normalized spacial score (nSPS) is 16.3. The second-order valence-electron chi connectivity index (χ2n) is 3.73. The second-order valence-corrected chi connectivity index (χ2v) is 5.42. The molecule has 1 aliphatic carbocycles. The summed E-state index contributed by atoms with van der Waals surface area (Å²) in [4.78, 5) is 34.4. The zero-order valence-electron chi connectivity index (χ0n) is 8.81. The number of benzene rings is 1. The first kappa shape index (κ1) is 12.4. The van der Waals surface area contributed by atoms with Crippen molar-refractivity contribution in [1.82, 2.24) is 0 Å². The molecule has 4 nitrogen and oxygen atoms in total. The van der Waals surface area contributed by atoms with Crippen molar-refractivity contribution in [3.63, 3.8) is 0 Å². The average Bonchev–Trinajstić information content (AvgIpc) is 2.61. The first-order chi connectivity index (χ1) is 8.08. The summed E-state index contributed by atoms with van der Waals surface area (Å²) in [6.07, 6.45) is -0.839. The van der Waals surface area contributed by atoms with Crippen LogP contribution in [0.4, 0.5) is 0 Å². The molecule has 1 aromatic rings. The van der Waals surface area contributed by atoms with E-state index in [1.807, 2.05) is 6.07 Å². The van der Waals surface area contributed by atoms with Gasteiger partial charge < -0.3 is 0 Å². The fourth-order valence-corrected chi connectivity index (χ4v) is 2.35. The summed E-state index contributed by atoms with van der Waals surface area (Å²) >= 11 is 1.44. The summed E-state index contributed by atoms with van der Waals surface area (Å²) in [6.45, 7) is 0. The van der Waals surface area contributed by atoms with Gasteiger partial charge in [-0.15, -0.1) is 0 Å². The Kier molecular flexibility index (Phi) is 3.67. The van der Waals surface area contributed by atoms with E-state index in [1.165, 1.54) is 24.7 Å². The van der Waals surface area contributed by atoms with Crippen LogP contribution in [0.25, 0.3) is 0 Å². The predicted octanol–water partition coefficient (Wildman–Crippen LogP) is 0.319. The summed E-state index contributed by atoms with van der Waals surface area (Å²) in [5.74, 6) is -1.23. The molecule has 1 fully saturated rings. The molecule has 0 heterocycles. The Morgan fingerprint density at radius 3 is 2.47 bits per heavy atom. The molecule has 0 spiro atoms. The van der Waals surface area contributed by atoms with Crippen molar-refractivity contribution in [1.29, 1.82) is 0 Å². The molecule has 0 atom stereocenters. The van der Waals surface area contributed by atoms with Gasteiger partial charge in [0.1, 0.15) is 0 Å². The van der Waals surface area contributed by atoms with E-state index < -0.39 is 12.1 Å². The molecule has 0 aromatic heterocycles. The molecule has 0 bridgehead atoms. The number of esters is 1. The summed E-state index contributed by atoms with van der Waals surface area (Å²) in [5.41, 5.74) is 0.373. The van der Waals surface area contributed by atoms with Crippen LogP contribution < -0.4 is 3.27 Å². The van der Waals surface area contributed by atoms with Gasteiger partial charge in [0.15, 0.2) is 0 Å². The van der Waals surface area contributed by atoms with Crippen LogP contribution >= 0.6 is 0 Å². The first-order valence-electron chi connectivity index (χ1n) is 5.10. The Morgan fingerprint density at radius 2 is 1.88 bits per heavy atom.